The molecule has 0 saturated carbocycles. The average molecular weight is 562 g/mol. The van der Waals surface area contributed by atoms with Gasteiger partial charge < -0.3 is 23.1 Å². The summed E-state index contributed by atoms with van der Waals surface area (Å²) >= 11 is 6.15. The molecular weight excluding hydrogens is 533 g/mol. The Morgan fingerprint density at radius 1 is 0.872 bits per heavy atom. The molecule has 6 rings (SSSR count). The lowest BCUT2D eigenvalue weighted by Crippen LogP contribution is -2.15. The Morgan fingerprint density at radius 2 is 1.51 bits per heavy atom. The van der Waals surface area contributed by atoms with Gasteiger partial charge in [-0.25, -0.2) is 0 Å². The first kappa shape index (κ1) is 26.0. The topological polar surface area (TPSA) is 58.9 Å². The minimum absolute atomic E-state index is 0.222. The van der Waals surface area contributed by atoms with Crippen LogP contribution in [0.1, 0.15) is 29.2 Å². The molecule has 2 heterocycles. The van der Waals surface area contributed by atoms with Crippen molar-refractivity contribution in [2.45, 2.75) is 25.2 Å². The molecule has 1 aliphatic heterocycles. The van der Waals surface area contributed by atoms with E-state index in [2.05, 4.69) is 41.0 Å². The summed E-state index contributed by atoms with van der Waals surface area (Å²) in [4.78, 5) is 0. The van der Waals surface area contributed by atoms with Crippen LogP contribution in [0.15, 0.2) is 84.9 Å². The molecule has 1 saturated heterocycles. The molecule has 5 aromatic rings. The molecule has 0 radical (unpaired) electrons. The summed E-state index contributed by atoms with van der Waals surface area (Å²) in [6, 6.07) is 27.9. The number of hydrogen-bond donors (Lipinski definition) is 0. The van der Waals surface area contributed by atoms with Gasteiger partial charge in [0.1, 0.15) is 11.5 Å². The lowest BCUT2D eigenvalue weighted by Gasteiger charge is -2.30. The summed E-state index contributed by atoms with van der Waals surface area (Å²) in [6.45, 7) is 1.07. The van der Waals surface area contributed by atoms with Crippen LogP contribution in [0.3, 0.4) is 0 Å². The maximum Gasteiger partial charge on any atom is 0.335 e. The average Bonchev–Trinajstić information content (AvgIpc) is 3.25. The summed E-state index contributed by atoms with van der Waals surface area (Å²) in [5.74, 6) is 1.63. The molecule has 0 amide bonds. The van der Waals surface area contributed by atoms with Crippen LogP contribution in [-0.2, 0) is 26.3 Å². The van der Waals surface area contributed by atoms with Gasteiger partial charge in [0.2, 0.25) is 0 Å². The van der Waals surface area contributed by atoms with E-state index in [1.807, 2.05) is 48.5 Å². The van der Waals surface area contributed by atoms with Crippen molar-refractivity contribution >= 4 is 41.0 Å². The lowest BCUT2D eigenvalue weighted by atomic mass is 10.1. The van der Waals surface area contributed by atoms with E-state index in [0.29, 0.717) is 24.6 Å². The molecule has 1 aliphatic rings. The molecule has 200 valence electrons. The van der Waals surface area contributed by atoms with Crippen molar-refractivity contribution in [3.63, 3.8) is 0 Å². The Hall–Kier alpha value is -3.28. The van der Waals surface area contributed by atoms with Gasteiger partial charge >= 0.3 is 7.60 Å². The van der Waals surface area contributed by atoms with Crippen molar-refractivity contribution < 1.29 is 23.1 Å². The summed E-state index contributed by atoms with van der Waals surface area (Å²) < 4.78 is 38.5. The standard InChI is InChI=1S/C31H29ClNO5P/c1-35-25-10-12-29-27(17-25)28-18-26(36-2)11-13-30(28)33(29)19-21-6-8-22(9-7-21)20-39(34)37-15-14-31(38-39)23-4-3-5-24(32)16-23/h3-13,16-18,31H,14-15,19-20H2,1-2H3. The predicted molar refractivity (Wildman–Crippen MR) is 155 cm³/mol. The Kier molecular flexibility index (Phi) is 7.13. The first-order chi connectivity index (χ1) is 18.9. The molecule has 0 spiro atoms. The fourth-order valence-corrected chi connectivity index (χ4v) is 7.32. The number of nitrogens with zero attached hydrogens (tertiary/aromatic N) is 1. The zero-order valence-electron chi connectivity index (χ0n) is 21.8. The van der Waals surface area contributed by atoms with E-state index in [4.69, 9.17) is 30.1 Å². The number of hydrogen-bond acceptors (Lipinski definition) is 5. The number of methoxy groups -OCH3 is 2. The van der Waals surface area contributed by atoms with E-state index in [9.17, 15) is 4.57 Å². The van der Waals surface area contributed by atoms with Crippen LogP contribution in [0.5, 0.6) is 11.5 Å². The second kappa shape index (κ2) is 10.7. The Balaban J connectivity index is 1.24. The fraction of sp³-hybridized carbons (Fsp3) is 0.226. The van der Waals surface area contributed by atoms with E-state index in [1.54, 1.807) is 14.2 Å². The van der Waals surface area contributed by atoms with Gasteiger partial charge in [-0.05, 0) is 65.2 Å². The number of rotatable bonds is 7. The number of aromatic nitrogens is 1. The first-order valence-electron chi connectivity index (χ1n) is 12.8. The molecule has 8 heteroatoms. The number of ether oxygens (including phenoxy) is 2. The molecule has 4 aromatic carbocycles. The maximum absolute atomic E-state index is 13.5. The summed E-state index contributed by atoms with van der Waals surface area (Å²) in [5.41, 5.74) is 5.19. The Morgan fingerprint density at radius 3 is 2.13 bits per heavy atom. The summed E-state index contributed by atoms with van der Waals surface area (Å²) in [6.07, 6.45) is 0.564. The molecule has 39 heavy (non-hydrogen) atoms. The number of fused-ring (bicyclic) bond motifs is 3. The third kappa shape index (κ3) is 5.30. The van der Waals surface area contributed by atoms with Crippen LogP contribution in [0.25, 0.3) is 21.8 Å². The van der Waals surface area contributed by atoms with Gasteiger partial charge in [-0.2, -0.15) is 0 Å². The zero-order chi connectivity index (χ0) is 27.0. The highest BCUT2D eigenvalue weighted by Crippen LogP contribution is 2.58. The second-order valence-electron chi connectivity index (χ2n) is 9.71. The van der Waals surface area contributed by atoms with Crippen LogP contribution in [0.2, 0.25) is 5.02 Å². The molecule has 0 aliphatic carbocycles. The fourth-order valence-electron chi connectivity index (χ4n) is 5.24. The van der Waals surface area contributed by atoms with E-state index >= 15 is 0 Å². The van der Waals surface area contributed by atoms with Gasteiger partial charge in [-0.15, -0.1) is 0 Å². The van der Waals surface area contributed by atoms with Gasteiger partial charge in [0.15, 0.2) is 0 Å². The van der Waals surface area contributed by atoms with Crippen molar-refractivity contribution in [2.75, 3.05) is 20.8 Å². The highest BCUT2D eigenvalue weighted by atomic mass is 35.5. The molecule has 6 nitrogen and oxygen atoms in total. The Bertz CT molecular complexity index is 1640. The van der Waals surface area contributed by atoms with Crippen LogP contribution < -0.4 is 9.47 Å². The van der Waals surface area contributed by atoms with Gasteiger partial charge in [0, 0.05) is 39.8 Å². The lowest BCUT2D eigenvalue weighted by molar-refractivity contribution is 0.0806. The van der Waals surface area contributed by atoms with E-state index < -0.39 is 7.60 Å². The molecule has 2 unspecified atom stereocenters. The van der Waals surface area contributed by atoms with E-state index in [-0.39, 0.29) is 12.3 Å². The maximum atomic E-state index is 13.5. The highest BCUT2D eigenvalue weighted by molar-refractivity contribution is 7.53. The largest absolute Gasteiger partial charge is 0.497 e. The van der Waals surface area contributed by atoms with Crippen molar-refractivity contribution in [1.29, 1.82) is 0 Å². The van der Waals surface area contributed by atoms with Crippen molar-refractivity contribution in [3.05, 3.63) is 107 Å². The van der Waals surface area contributed by atoms with Gasteiger partial charge in [-0.1, -0.05) is 48.0 Å². The van der Waals surface area contributed by atoms with E-state index in [1.165, 1.54) is 0 Å². The van der Waals surface area contributed by atoms with Crippen LogP contribution in [-0.4, -0.2) is 25.4 Å². The SMILES string of the molecule is COc1ccc2c(c1)c1cc(OC)ccc1n2Cc1ccc(CP2(=O)OCCC(c3cccc(Cl)c3)O2)cc1. The summed E-state index contributed by atoms with van der Waals surface area (Å²) in [7, 11) is 0.0598. The molecule has 1 fully saturated rings. The number of benzene rings is 4. The monoisotopic (exact) mass is 561 g/mol. The minimum Gasteiger partial charge on any atom is -0.497 e. The van der Waals surface area contributed by atoms with Crippen molar-refractivity contribution in [2.24, 2.45) is 0 Å². The molecule has 0 N–H and O–H groups in total. The Labute approximate surface area is 232 Å². The second-order valence-corrected chi connectivity index (χ2v) is 12.2. The molecular formula is C31H29ClNO5P. The van der Waals surface area contributed by atoms with Gasteiger partial charge in [0.25, 0.3) is 0 Å². The van der Waals surface area contributed by atoms with Gasteiger partial charge in [0.05, 0.1) is 33.1 Å². The number of halogens is 1. The molecule has 0 bridgehead atoms. The zero-order valence-corrected chi connectivity index (χ0v) is 23.5. The third-order valence-corrected chi connectivity index (χ3v) is 9.33. The minimum atomic E-state index is -3.30. The molecule has 2 atom stereocenters. The van der Waals surface area contributed by atoms with Gasteiger partial charge in [-0.3, -0.25) is 4.57 Å². The van der Waals surface area contributed by atoms with Crippen LogP contribution >= 0.6 is 19.2 Å². The third-order valence-electron chi connectivity index (χ3n) is 7.20. The van der Waals surface area contributed by atoms with Crippen LogP contribution in [0, 0.1) is 0 Å². The predicted octanol–water partition coefficient (Wildman–Crippen LogP) is 8.38. The molecule has 1 aromatic heterocycles. The normalized spacial score (nSPS) is 19.4. The quantitative estimate of drug-likeness (QED) is 0.187. The summed E-state index contributed by atoms with van der Waals surface area (Å²) in [5, 5.41) is 2.85. The van der Waals surface area contributed by atoms with Crippen molar-refractivity contribution in [1.82, 2.24) is 4.57 Å². The first-order valence-corrected chi connectivity index (χ1v) is 14.9. The van der Waals surface area contributed by atoms with E-state index in [0.717, 1.165) is 50.0 Å². The highest BCUT2D eigenvalue weighted by Gasteiger charge is 2.34. The van der Waals surface area contributed by atoms with Crippen molar-refractivity contribution in [3.8, 4) is 11.5 Å². The smallest absolute Gasteiger partial charge is 0.335 e. The van der Waals surface area contributed by atoms with Crippen LogP contribution in [0.4, 0.5) is 0 Å².